The molecule has 0 saturated heterocycles. The van der Waals surface area contributed by atoms with Gasteiger partial charge in [0.25, 0.3) is 0 Å². The Morgan fingerprint density at radius 2 is 1.86 bits per heavy atom. The lowest BCUT2D eigenvalue weighted by Gasteiger charge is -2.04. The van der Waals surface area contributed by atoms with E-state index in [1.54, 1.807) is 0 Å². The molecule has 5 nitrogen and oxygen atoms in total. The Hall–Kier alpha value is -1.11. The molecule has 1 aromatic rings. The van der Waals surface area contributed by atoms with E-state index in [0.29, 0.717) is 0 Å². The molecule has 6 heteroatoms. The third-order valence-electron chi connectivity index (χ3n) is 1.58. The fourth-order valence-corrected chi connectivity index (χ4v) is 1.95. The lowest BCUT2D eigenvalue weighted by Crippen LogP contribution is -2.29. The molecule has 0 bridgehead atoms. The number of nitrogens with one attached hydrogen (secondary N) is 1. The molecule has 0 fully saturated rings. The summed E-state index contributed by atoms with van der Waals surface area (Å²) in [6, 6.07) is 5.29. The highest BCUT2D eigenvalue weighted by Crippen LogP contribution is 2.13. The van der Waals surface area contributed by atoms with Gasteiger partial charge in [0.15, 0.2) is 0 Å². The molecule has 1 aromatic carbocycles. The molecule has 0 heterocycles. The fraction of sp³-hybridized carbons (Fsp3) is 0.250. The van der Waals surface area contributed by atoms with E-state index in [9.17, 15) is 8.42 Å². The topological polar surface area (TPSA) is 92.4 Å². The summed E-state index contributed by atoms with van der Waals surface area (Å²) >= 11 is 0. The molecule has 78 valence electrons. The van der Waals surface area contributed by atoms with Crippen molar-refractivity contribution in [2.75, 3.05) is 13.1 Å². The predicted octanol–water partition coefficient (Wildman–Crippen LogP) is -0.371. The number of sulfonamides is 1. The molecule has 0 aliphatic carbocycles. The van der Waals surface area contributed by atoms with E-state index in [0.717, 1.165) is 0 Å². The Balaban J connectivity index is 2.87. The van der Waals surface area contributed by atoms with Crippen molar-refractivity contribution in [1.82, 2.24) is 4.72 Å². The van der Waals surface area contributed by atoms with Crippen LogP contribution >= 0.6 is 0 Å². The van der Waals surface area contributed by atoms with Crippen LogP contribution in [0.25, 0.3) is 0 Å². The molecule has 1 rings (SSSR count). The minimum absolute atomic E-state index is 0.0303. The Morgan fingerprint density at radius 1 is 1.29 bits per heavy atom. The van der Waals surface area contributed by atoms with Crippen LogP contribution < -0.4 is 10.5 Å². The lowest BCUT2D eigenvalue weighted by molar-refractivity contribution is 0.474. The Bertz CT molecular complexity index is 386. The first kappa shape index (κ1) is 11.0. The summed E-state index contributed by atoms with van der Waals surface area (Å²) in [6.07, 6.45) is 0. The average Bonchev–Trinajstić information content (AvgIpc) is 2.16. The van der Waals surface area contributed by atoms with Crippen LogP contribution in [0.2, 0.25) is 0 Å². The molecule has 0 saturated carbocycles. The van der Waals surface area contributed by atoms with Crippen molar-refractivity contribution in [2.24, 2.45) is 5.73 Å². The minimum Gasteiger partial charge on any atom is -0.508 e. The van der Waals surface area contributed by atoms with E-state index in [1.165, 1.54) is 24.3 Å². The predicted molar refractivity (Wildman–Crippen MR) is 52.3 cm³/mol. The van der Waals surface area contributed by atoms with Gasteiger partial charge in [-0.25, -0.2) is 13.1 Å². The summed E-state index contributed by atoms with van der Waals surface area (Å²) in [5, 5.41) is 8.96. The van der Waals surface area contributed by atoms with Gasteiger partial charge in [-0.05, 0) is 24.3 Å². The second-order valence-corrected chi connectivity index (χ2v) is 4.45. The highest BCUT2D eigenvalue weighted by molar-refractivity contribution is 7.89. The first-order valence-corrected chi connectivity index (χ1v) is 5.53. The number of hydrogen-bond acceptors (Lipinski definition) is 4. The van der Waals surface area contributed by atoms with E-state index in [-0.39, 0.29) is 23.7 Å². The monoisotopic (exact) mass is 216 g/mol. The first-order chi connectivity index (χ1) is 6.56. The van der Waals surface area contributed by atoms with E-state index >= 15 is 0 Å². The highest BCUT2D eigenvalue weighted by Gasteiger charge is 2.11. The summed E-state index contributed by atoms with van der Waals surface area (Å²) in [6.45, 7) is 0.445. The number of rotatable bonds is 4. The molecule has 4 N–H and O–H groups in total. The molecule has 0 aliphatic rings. The molecule has 0 amide bonds. The van der Waals surface area contributed by atoms with Crippen molar-refractivity contribution in [3.8, 4) is 5.75 Å². The van der Waals surface area contributed by atoms with Gasteiger partial charge in [-0.15, -0.1) is 0 Å². The molecular weight excluding hydrogens is 204 g/mol. The maximum Gasteiger partial charge on any atom is 0.240 e. The Kier molecular flexibility index (Phi) is 3.45. The molecule has 0 aliphatic heterocycles. The van der Waals surface area contributed by atoms with Gasteiger partial charge in [0.1, 0.15) is 5.75 Å². The van der Waals surface area contributed by atoms with Crippen molar-refractivity contribution in [3.05, 3.63) is 24.3 Å². The van der Waals surface area contributed by atoms with Gasteiger partial charge in [-0.1, -0.05) is 0 Å². The summed E-state index contributed by atoms with van der Waals surface area (Å²) in [5.41, 5.74) is 5.17. The number of aromatic hydroxyl groups is 1. The van der Waals surface area contributed by atoms with Gasteiger partial charge in [-0.2, -0.15) is 0 Å². The normalized spacial score (nSPS) is 11.5. The zero-order chi connectivity index (χ0) is 10.6. The zero-order valence-corrected chi connectivity index (χ0v) is 8.29. The number of phenols is 1. The third-order valence-corrected chi connectivity index (χ3v) is 3.06. The zero-order valence-electron chi connectivity index (χ0n) is 7.47. The number of nitrogens with two attached hydrogens (primary N) is 1. The lowest BCUT2D eigenvalue weighted by atomic mass is 10.3. The standard InChI is InChI=1S/C8H12N2O3S/c9-5-6-10-14(12,13)8-3-1-7(11)2-4-8/h1-4,10-11H,5-6,9H2. The summed E-state index contributed by atoms with van der Waals surface area (Å²) in [7, 11) is -3.48. The SMILES string of the molecule is NCCNS(=O)(=O)c1ccc(O)cc1. The minimum atomic E-state index is -3.48. The molecule has 14 heavy (non-hydrogen) atoms. The maximum atomic E-state index is 11.5. The number of hydrogen-bond donors (Lipinski definition) is 3. The summed E-state index contributed by atoms with van der Waals surface area (Å²) < 4.78 is 25.2. The van der Waals surface area contributed by atoms with Gasteiger partial charge in [-0.3, -0.25) is 0 Å². The number of phenolic OH excluding ortho intramolecular Hbond substituents is 1. The Labute approximate surface area is 82.6 Å². The van der Waals surface area contributed by atoms with Crippen LogP contribution in [0.4, 0.5) is 0 Å². The van der Waals surface area contributed by atoms with E-state index in [2.05, 4.69) is 4.72 Å². The summed E-state index contributed by atoms with van der Waals surface area (Å²) in [5.74, 6) is 0.0303. The van der Waals surface area contributed by atoms with Crippen LogP contribution in [-0.4, -0.2) is 26.6 Å². The van der Waals surface area contributed by atoms with Gasteiger partial charge in [0, 0.05) is 13.1 Å². The van der Waals surface area contributed by atoms with Crippen LogP contribution in [-0.2, 0) is 10.0 Å². The molecule has 0 aromatic heterocycles. The van der Waals surface area contributed by atoms with Crippen LogP contribution in [0.15, 0.2) is 29.2 Å². The molecule has 0 atom stereocenters. The van der Waals surface area contributed by atoms with Gasteiger partial charge >= 0.3 is 0 Å². The van der Waals surface area contributed by atoms with Crippen molar-refractivity contribution in [2.45, 2.75) is 4.90 Å². The smallest absolute Gasteiger partial charge is 0.240 e. The van der Waals surface area contributed by atoms with Gasteiger partial charge < -0.3 is 10.8 Å². The number of benzene rings is 1. The van der Waals surface area contributed by atoms with E-state index < -0.39 is 10.0 Å². The van der Waals surface area contributed by atoms with Gasteiger partial charge in [0.2, 0.25) is 10.0 Å². The fourth-order valence-electron chi connectivity index (χ4n) is 0.902. The van der Waals surface area contributed by atoms with Crippen molar-refractivity contribution in [3.63, 3.8) is 0 Å². The largest absolute Gasteiger partial charge is 0.508 e. The van der Waals surface area contributed by atoms with Crippen molar-refractivity contribution in [1.29, 1.82) is 0 Å². The molecule has 0 unspecified atom stereocenters. The molecule has 0 radical (unpaired) electrons. The van der Waals surface area contributed by atoms with Crippen LogP contribution in [0.1, 0.15) is 0 Å². The van der Waals surface area contributed by atoms with Crippen molar-refractivity contribution < 1.29 is 13.5 Å². The Morgan fingerprint density at radius 3 is 2.36 bits per heavy atom. The van der Waals surface area contributed by atoms with Gasteiger partial charge in [0.05, 0.1) is 4.90 Å². The van der Waals surface area contributed by atoms with E-state index in [4.69, 9.17) is 10.8 Å². The molecular formula is C8H12N2O3S. The highest BCUT2D eigenvalue weighted by atomic mass is 32.2. The molecule has 0 spiro atoms. The van der Waals surface area contributed by atoms with Crippen LogP contribution in [0.5, 0.6) is 5.75 Å². The van der Waals surface area contributed by atoms with E-state index in [1.807, 2.05) is 0 Å². The quantitative estimate of drug-likeness (QED) is 0.640. The first-order valence-electron chi connectivity index (χ1n) is 4.05. The average molecular weight is 216 g/mol. The van der Waals surface area contributed by atoms with Crippen molar-refractivity contribution >= 4 is 10.0 Å². The second-order valence-electron chi connectivity index (χ2n) is 2.68. The van der Waals surface area contributed by atoms with Crippen LogP contribution in [0.3, 0.4) is 0 Å². The summed E-state index contributed by atoms with van der Waals surface area (Å²) in [4.78, 5) is 0.115. The third kappa shape index (κ3) is 2.69. The maximum absolute atomic E-state index is 11.5. The second kappa shape index (κ2) is 4.41. The van der Waals surface area contributed by atoms with Crippen LogP contribution in [0, 0.1) is 0 Å².